The highest BCUT2D eigenvalue weighted by Gasteiger charge is 2.23. The summed E-state index contributed by atoms with van der Waals surface area (Å²) in [5.74, 6) is 0.874. The third-order valence-electron chi connectivity index (χ3n) is 4.67. The molecule has 4 rings (SSSR count). The summed E-state index contributed by atoms with van der Waals surface area (Å²) in [4.78, 5) is 24.3. The number of hydrogen-bond acceptors (Lipinski definition) is 5. The van der Waals surface area contributed by atoms with E-state index in [1.165, 1.54) is 11.8 Å². The Morgan fingerprint density at radius 3 is 2.76 bits per heavy atom. The fourth-order valence-corrected chi connectivity index (χ4v) is 4.03. The zero-order chi connectivity index (χ0) is 20.4. The molecule has 0 radical (unpaired) electrons. The second kappa shape index (κ2) is 8.23. The monoisotopic (exact) mass is 405 g/mol. The SMILES string of the molecule is Cc1nc2ccc(/C=C3/SC(=Nc4ccccc4)NC3=O)cc2n1CCN(C)C. The summed E-state index contributed by atoms with van der Waals surface area (Å²) in [5.41, 5.74) is 3.85. The molecule has 0 bridgehead atoms. The lowest BCUT2D eigenvalue weighted by Crippen LogP contribution is -2.19. The van der Waals surface area contributed by atoms with Gasteiger partial charge in [0.15, 0.2) is 5.17 Å². The number of para-hydroxylation sites is 1. The van der Waals surface area contributed by atoms with Crippen LogP contribution in [0.4, 0.5) is 5.69 Å². The van der Waals surface area contributed by atoms with Crippen LogP contribution in [0.5, 0.6) is 0 Å². The molecule has 2 heterocycles. The number of aryl methyl sites for hydroxylation is 1. The minimum Gasteiger partial charge on any atom is -0.327 e. The number of imidazole rings is 1. The number of hydrogen-bond donors (Lipinski definition) is 1. The maximum atomic E-state index is 12.4. The molecule has 29 heavy (non-hydrogen) atoms. The zero-order valence-electron chi connectivity index (χ0n) is 16.7. The number of aromatic nitrogens is 2. The smallest absolute Gasteiger partial charge is 0.264 e. The molecule has 1 aromatic heterocycles. The minimum atomic E-state index is -0.123. The molecular formula is C22H23N5OS. The van der Waals surface area contributed by atoms with Crippen molar-refractivity contribution in [1.29, 1.82) is 0 Å². The largest absolute Gasteiger partial charge is 0.327 e. The topological polar surface area (TPSA) is 62.5 Å². The zero-order valence-corrected chi connectivity index (χ0v) is 17.5. The van der Waals surface area contributed by atoms with E-state index >= 15 is 0 Å². The van der Waals surface area contributed by atoms with Gasteiger partial charge in [0.25, 0.3) is 5.91 Å². The van der Waals surface area contributed by atoms with Crippen molar-refractivity contribution in [1.82, 2.24) is 19.8 Å². The van der Waals surface area contributed by atoms with Crippen molar-refractivity contribution in [2.75, 3.05) is 20.6 Å². The van der Waals surface area contributed by atoms with Crippen molar-refractivity contribution in [3.63, 3.8) is 0 Å². The van der Waals surface area contributed by atoms with E-state index in [4.69, 9.17) is 0 Å². The second-order valence-corrected chi connectivity index (χ2v) is 8.21. The molecule has 1 aliphatic heterocycles. The molecule has 0 saturated carbocycles. The highest BCUT2D eigenvalue weighted by atomic mass is 32.2. The number of nitrogens with zero attached hydrogens (tertiary/aromatic N) is 4. The van der Waals surface area contributed by atoms with E-state index in [0.29, 0.717) is 10.1 Å². The van der Waals surface area contributed by atoms with Crippen LogP contribution in [0.25, 0.3) is 17.1 Å². The number of benzene rings is 2. The Hall–Kier alpha value is -2.90. The van der Waals surface area contributed by atoms with Gasteiger partial charge in [0, 0.05) is 13.1 Å². The van der Waals surface area contributed by atoms with Crippen LogP contribution >= 0.6 is 11.8 Å². The molecule has 0 atom stereocenters. The lowest BCUT2D eigenvalue weighted by atomic mass is 10.2. The number of carbonyl (C=O) groups excluding carboxylic acids is 1. The fraction of sp³-hybridized carbons (Fsp3) is 0.227. The Kier molecular flexibility index (Phi) is 5.51. The van der Waals surface area contributed by atoms with Crippen molar-refractivity contribution in [3.05, 3.63) is 64.8 Å². The van der Waals surface area contributed by atoms with Gasteiger partial charge >= 0.3 is 0 Å². The second-order valence-electron chi connectivity index (χ2n) is 7.18. The standard InChI is InChI=1S/C22H23N5OS/c1-15-23-18-10-9-16(13-19(18)27(15)12-11-26(2)3)14-20-21(28)25-22(29-20)24-17-7-5-4-6-8-17/h4-10,13-14H,11-12H2,1-3H3,(H,24,25,28)/b20-14+. The molecule has 1 saturated heterocycles. The number of rotatable bonds is 5. The first-order valence-corrected chi connectivity index (χ1v) is 10.3. The van der Waals surface area contributed by atoms with Gasteiger partial charge < -0.3 is 14.8 Å². The molecule has 148 valence electrons. The summed E-state index contributed by atoms with van der Waals surface area (Å²) in [7, 11) is 4.13. The number of thioether (sulfide) groups is 1. The molecule has 1 amide bonds. The number of fused-ring (bicyclic) bond motifs is 1. The predicted molar refractivity (Wildman–Crippen MR) is 120 cm³/mol. The molecule has 0 spiro atoms. The Balaban J connectivity index is 1.61. The van der Waals surface area contributed by atoms with Gasteiger partial charge in [-0.1, -0.05) is 24.3 Å². The van der Waals surface area contributed by atoms with Gasteiger partial charge in [-0.15, -0.1) is 0 Å². The first-order chi connectivity index (χ1) is 14.0. The molecule has 0 aliphatic carbocycles. The van der Waals surface area contributed by atoms with Crippen molar-refractivity contribution < 1.29 is 4.79 Å². The Morgan fingerprint density at radius 2 is 2.00 bits per heavy atom. The summed E-state index contributed by atoms with van der Waals surface area (Å²) in [5, 5.41) is 3.44. The fourth-order valence-electron chi connectivity index (χ4n) is 3.18. The van der Waals surface area contributed by atoms with Gasteiger partial charge in [0.05, 0.1) is 21.6 Å². The third kappa shape index (κ3) is 4.41. The van der Waals surface area contributed by atoms with E-state index in [-0.39, 0.29) is 5.91 Å². The molecule has 1 N–H and O–H groups in total. The molecule has 1 fully saturated rings. The summed E-state index contributed by atoms with van der Waals surface area (Å²) in [6, 6.07) is 15.7. The maximum Gasteiger partial charge on any atom is 0.264 e. The maximum absolute atomic E-state index is 12.4. The number of amides is 1. The van der Waals surface area contributed by atoms with Crippen molar-refractivity contribution in [2.45, 2.75) is 13.5 Å². The van der Waals surface area contributed by atoms with E-state index in [1.807, 2.05) is 55.5 Å². The van der Waals surface area contributed by atoms with Crippen LogP contribution in [0, 0.1) is 6.92 Å². The number of aliphatic imine (C=N–C) groups is 1. The Labute approximate surface area is 174 Å². The van der Waals surface area contributed by atoms with Gasteiger partial charge in [-0.05, 0) is 68.7 Å². The van der Waals surface area contributed by atoms with Crippen LogP contribution in [0.2, 0.25) is 0 Å². The van der Waals surface area contributed by atoms with E-state index in [2.05, 4.69) is 44.9 Å². The van der Waals surface area contributed by atoms with Crippen LogP contribution in [-0.4, -0.2) is 46.2 Å². The summed E-state index contributed by atoms with van der Waals surface area (Å²) < 4.78 is 2.22. The minimum absolute atomic E-state index is 0.123. The quantitative estimate of drug-likeness (QED) is 0.656. The molecule has 1 aliphatic rings. The molecule has 7 heteroatoms. The molecule has 2 aromatic carbocycles. The van der Waals surface area contributed by atoms with Gasteiger partial charge in [-0.25, -0.2) is 9.98 Å². The first kappa shape index (κ1) is 19.4. The van der Waals surface area contributed by atoms with E-state index < -0.39 is 0 Å². The van der Waals surface area contributed by atoms with Gasteiger partial charge in [-0.2, -0.15) is 0 Å². The van der Waals surface area contributed by atoms with Crippen molar-refractivity contribution >= 4 is 45.6 Å². The van der Waals surface area contributed by atoms with E-state index in [0.717, 1.165) is 41.2 Å². The summed E-state index contributed by atoms with van der Waals surface area (Å²) >= 11 is 1.36. The van der Waals surface area contributed by atoms with Gasteiger partial charge in [0.2, 0.25) is 0 Å². The van der Waals surface area contributed by atoms with E-state index in [1.54, 1.807) is 0 Å². The van der Waals surface area contributed by atoms with Crippen LogP contribution in [0.3, 0.4) is 0 Å². The van der Waals surface area contributed by atoms with Gasteiger partial charge in [-0.3, -0.25) is 4.79 Å². The normalized spacial score (nSPS) is 17.0. The highest BCUT2D eigenvalue weighted by Crippen LogP contribution is 2.29. The first-order valence-electron chi connectivity index (χ1n) is 9.46. The number of carbonyl (C=O) groups is 1. The molecule has 3 aromatic rings. The third-order valence-corrected chi connectivity index (χ3v) is 5.58. The summed E-state index contributed by atoms with van der Waals surface area (Å²) in [6.07, 6.45) is 1.91. The highest BCUT2D eigenvalue weighted by molar-refractivity contribution is 8.18. The average Bonchev–Trinajstić information content (AvgIpc) is 3.19. The molecule has 0 unspecified atom stereocenters. The van der Waals surface area contributed by atoms with Crippen molar-refractivity contribution in [2.24, 2.45) is 4.99 Å². The Morgan fingerprint density at radius 1 is 1.21 bits per heavy atom. The number of amidine groups is 1. The van der Waals surface area contributed by atoms with Gasteiger partial charge in [0.1, 0.15) is 5.82 Å². The summed E-state index contributed by atoms with van der Waals surface area (Å²) in [6.45, 7) is 3.84. The van der Waals surface area contributed by atoms with Crippen LogP contribution in [0.15, 0.2) is 58.4 Å². The Bertz CT molecular complexity index is 1110. The lowest BCUT2D eigenvalue weighted by Gasteiger charge is -2.12. The van der Waals surface area contributed by atoms with E-state index in [9.17, 15) is 4.79 Å². The lowest BCUT2D eigenvalue weighted by molar-refractivity contribution is -0.115. The van der Waals surface area contributed by atoms with Crippen LogP contribution in [-0.2, 0) is 11.3 Å². The molecular weight excluding hydrogens is 382 g/mol. The average molecular weight is 406 g/mol. The number of likely N-dealkylation sites (N-methyl/N-ethyl adjacent to an activating group) is 1. The molecule has 6 nitrogen and oxygen atoms in total. The van der Waals surface area contributed by atoms with Crippen LogP contribution < -0.4 is 5.32 Å². The van der Waals surface area contributed by atoms with Crippen LogP contribution in [0.1, 0.15) is 11.4 Å². The van der Waals surface area contributed by atoms with Crippen molar-refractivity contribution in [3.8, 4) is 0 Å². The number of nitrogens with one attached hydrogen (secondary N) is 1. The predicted octanol–water partition coefficient (Wildman–Crippen LogP) is 3.80.